The molecule has 0 aromatic heterocycles. The summed E-state index contributed by atoms with van der Waals surface area (Å²) in [4.78, 5) is 14.7. The van der Waals surface area contributed by atoms with Crippen LogP contribution in [0, 0.1) is 0 Å². The van der Waals surface area contributed by atoms with Gasteiger partial charge in [0.25, 0.3) is 0 Å². The molecule has 0 aliphatic rings. The topological polar surface area (TPSA) is 125 Å². The molecule has 17 heavy (non-hydrogen) atoms. The van der Waals surface area contributed by atoms with Gasteiger partial charge in [-0.25, -0.2) is 18.2 Å². The van der Waals surface area contributed by atoms with Crippen LogP contribution in [0.3, 0.4) is 0 Å². The predicted octanol–water partition coefficient (Wildman–Crippen LogP) is -1.20. The average molecular weight is 257 g/mol. The Kier molecular flexibility index (Phi) is 4.46. The molecule has 1 aromatic carbocycles. The number of benzene rings is 1. The van der Waals surface area contributed by atoms with E-state index in [4.69, 9.17) is 16.2 Å². The predicted molar refractivity (Wildman–Crippen MR) is 62.0 cm³/mol. The van der Waals surface area contributed by atoms with E-state index >= 15 is 0 Å². The molecule has 0 bridgehead atoms. The lowest BCUT2D eigenvalue weighted by Crippen LogP contribution is -2.32. The Morgan fingerprint density at radius 2 is 1.82 bits per heavy atom. The fraction of sp³-hybridized carbons (Fsp3) is 0.111. The van der Waals surface area contributed by atoms with Crippen molar-refractivity contribution < 1.29 is 17.9 Å². The maximum absolute atomic E-state index is 11.5. The second-order valence-corrected chi connectivity index (χ2v) is 4.01. The Labute approximate surface area is 99.0 Å². The lowest BCUT2D eigenvalue weighted by molar-refractivity contribution is -0.133. The second-order valence-electron chi connectivity index (χ2n) is 2.95. The molecule has 7 nitrogen and oxygen atoms in total. The van der Waals surface area contributed by atoms with Gasteiger partial charge in [0, 0.05) is 0 Å². The minimum atomic E-state index is -3.15. The highest BCUT2D eigenvalue weighted by Crippen LogP contribution is 2.10. The quantitative estimate of drug-likeness (QED) is 0.205. The van der Waals surface area contributed by atoms with Crippen LogP contribution in [-0.2, 0) is 15.5 Å². The highest BCUT2D eigenvalue weighted by Gasteiger charge is 2.23. The Morgan fingerprint density at radius 1 is 1.24 bits per heavy atom. The van der Waals surface area contributed by atoms with E-state index in [1.54, 1.807) is 18.2 Å². The molecular formula is C9H11N3O4S. The SMILES string of the molecule is NC(N)=NC(C(=O)Oc1ccccc1)[SH](=O)=O. The number of guanidine groups is 1. The molecule has 1 atom stereocenters. The number of nitrogens with zero attached hydrogens (tertiary/aromatic N) is 1. The van der Waals surface area contributed by atoms with E-state index < -0.39 is 28.0 Å². The summed E-state index contributed by atoms with van der Waals surface area (Å²) in [5.74, 6) is -1.34. The first-order valence-corrected chi connectivity index (χ1v) is 5.74. The van der Waals surface area contributed by atoms with Crippen LogP contribution >= 0.6 is 0 Å². The summed E-state index contributed by atoms with van der Waals surface area (Å²) in [5, 5.41) is -1.73. The van der Waals surface area contributed by atoms with E-state index in [0.29, 0.717) is 0 Å². The van der Waals surface area contributed by atoms with Gasteiger partial charge in [0.1, 0.15) is 5.75 Å². The summed E-state index contributed by atoms with van der Waals surface area (Å²) in [6.45, 7) is 0. The van der Waals surface area contributed by atoms with Crippen molar-refractivity contribution in [3.05, 3.63) is 30.3 Å². The zero-order chi connectivity index (χ0) is 12.8. The lowest BCUT2D eigenvalue weighted by Gasteiger charge is -2.06. The number of carbonyl (C=O) groups excluding carboxylic acids is 1. The zero-order valence-corrected chi connectivity index (χ0v) is 9.54. The van der Waals surface area contributed by atoms with Crippen molar-refractivity contribution in [1.82, 2.24) is 0 Å². The van der Waals surface area contributed by atoms with Crippen LogP contribution in [0.5, 0.6) is 5.75 Å². The number of para-hydroxylation sites is 1. The third-order valence-electron chi connectivity index (χ3n) is 1.64. The summed E-state index contributed by atoms with van der Waals surface area (Å²) in [6, 6.07) is 7.99. The van der Waals surface area contributed by atoms with Crippen LogP contribution in [0.2, 0.25) is 0 Å². The smallest absolute Gasteiger partial charge is 0.351 e. The molecule has 0 saturated heterocycles. The van der Waals surface area contributed by atoms with Gasteiger partial charge in [-0.2, -0.15) is 0 Å². The summed E-state index contributed by atoms with van der Waals surface area (Å²) in [7, 11) is -3.15. The van der Waals surface area contributed by atoms with Crippen LogP contribution in [0.4, 0.5) is 0 Å². The Balaban J connectivity index is 2.84. The first-order chi connectivity index (χ1) is 8.00. The molecule has 0 heterocycles. The molecule has 1 aromatic rings. The highest BCUT2D eigenvalue weighted by molar-refractivity contribution is 7.74. The van der Waals surface area contributed by atoms with Gasteiger partial charge in [0.05, 0.1) is 0 Å². The number of hydrogen-bond donors (Lipinski definition) is 3. The fourth-order valence-corrected chi connectivity index (χ4v) is 1.44. The van der Waals surface area contributed by atoms with E-state index in [1.165, 1.54) is 12.1 Å². The second kappa shape index (κ2) is 5.85. The van der Waals surface area contributed by atoms with E-state index in [2.05, 4.69) is 4.99 Å². The maximum Gasteiger partial charge on any atom is 0.351 e. The minimum Gasteiger partial charge on any atom is -0.424 e. The summed E-state index contributed by atoms with van der Waals surface area (Å²) < 4.78 is 26.4. The van der Waals surface area contributed by atoms with Crippen molar-refractivity contribution in [2.75, 3.05) is 0 Å². The molecule has 0 radical (unpaired) electrons. The molecule has 0 saturated carbocycles. The molecule has 0 fully saturated rings. The van der Waals surface area contributed by atoms with Gasteiger partial charge in [0.15, 0.2) is 16.7 Å². The Bertz CT molecular complexity index is 486. The number of nitrogens with two attached hydrogens (primary N) is 2. The number of aliphatic imine (C=N–C) groups is 1. The van der Waals surface area contributed by atoms with Crippen LogP contribution in [0.15, 0.2) is 35.3 Å². The number of carbonyl (C=O) groups is 1. The molecule has 8 heteroatoms. The van der Waals surface area contributed by atoms with E-state index in [0.717, 1.165) is 0 Å². The van der Waals surface area contributed by atoms with Gasteiger partial charge in [-0.05, 0) is 12.1 Å². The van der Waals surface area contributed by atoms with Gasteiger partial charge in [-0.15, -0.1) is 0 Å². The van der Waals surface area contributed by atoms with Crippen LogP contribution in [-0.4, -0.2) is 25.7 Å². The molecular weight excluding hydrogens is 246 g/mol. The van der Waals surface area contributed by atoms with Gasteiger partial charge in [-0.1, -0.05) is 18.2 Å². The van der Waals surface area contributed by atoms with Crippen LogP contribution < -0.4 is 16.2 Å². The molecule has 0 spiro atoms. The van der Waals surface area contributed by atoms with Gasteiger partial charge < -0.3 is 16.2 Å². The van der Waals surface area contributed by atoms with E-state index in [9.17, 15) is 13.2 Å². The van der Waals surface area contributed by atoms with Crippen molar-refractivity contribution in [2.45, 2.75) is 5.37 Å². The third-order valence-corrected chi connectivity index (χ3v) is 2.37. The van der Waals surface area contributed by atoms with Crippen molar-refractivity contribution in [2.24, 2.45) is 16.5 Å². The standard InChI is InChI=1S/C9H11N3O4S/c10-9(11)12-7(17(14)15)8(13)16-6-4-2-1-3-5-6/h1-5,7,17H,(H4,10,11,12). The summed E-state index contributed by atoms with van der Waals surface area (Å²) in [6.07, 6.45) is 0. The van der Waals surface area contributed by atoms with Crippen molar-refractivity contribution >= 4 is 22.6 Å². The number of hydrogen-bond acceptors (Lipinski definition) is 5. The van der Waals surface area contributed by atoms with Gasteiger partial charge >= 0.3 is 5.97 Å². The molecule has 92 valence electrons. The monoisotopic (exact) mass is 257 g/mol. The number of esters is 1. The van der Waals surface area contributed by atoms with Crippen LogP contribution in [0.25, 0.3) is 0 Å². The van der Waals surface area contributed by atoms with Crippen LogP contribution in [0.1, 0.15) is 0 Å². The molecule has 4 N–H and O–H groups in total. The van der Waals surface area contributed by atoms with Crippen molar-refractivity contribution in [3.63, 3.8) is 0 Å². The number of thiol groups is 1. The Morgan fingerprint density at radius 3 is 2.29 bits per heavy atom. The van der Waals surface area contributed by atoms with E-state index in [1.807, 2.05) is 0 Å². The molecule has 1 unspecified atom stereocenters. The zero-order valence-electron chi connectivity index (χ0n) is 8.65. The average Bonchev–Trinajstić information content (AvgIpc) is 2.26. The minimum absolute atomic E-state index is 0.213. The summed E-state index contributed by atoms with van der Waals surface area (Å²) in [5.41, 5.74) is 10.0. The summed E-state index contributed by atoms with van der Waals surface area (Å²) >= 11 is 0. The van der Waals surface area contributed by atoms with Gasteiger partial charge in [-0.3, -0.25) is 0 Å². The third kappa shape index (κ3) is 4.11. The molecule has 0 amide bonds. The van der Waals surface area contributed by atoms with Crippen molar-refractivity contribution in [1.29, 1.82) is 0 Å². The molecule has 0 aliphatic heterocycles. The lowest BCUT2D eigenvalue weighted by atomic mass is 10.3. The fourth-order valence-electron chi connectivity index (χ4n) is 0.985. The first kappa shape index (κ1) is 13.0. The largest absolute Gasteiger partial charge is 0.424 e. The normalized spacial score (nSPS) is 11.8. The van der Waals surface area contributed by atoms with E-state index in [-0.39, 0.29) is 5.75 Å². The maximum atomic E-state index is 11.5. The number of rotatable bonds is 4. The first-order valence-electron chi connectivity index (χ1n) is 4.49. The molecule has 0 aliphatic carbocycles. The Hall–Kier alpha value is -2.09. The number of ether oxygens (including phenoxy) is 1. The molecule has 1 rings (SSSR count). The van der Waals surface area contributed by atoms with Crippen molar-refractivity contribution in [3.8, 4) is 5.75 Å². The van der Waals surface area contributed by atoms with Gasteiger partial charge in [0.2, 0.25) is 5.37 Å². The highest BCUT2D eigenvalue weighted by atomic mass is 32.2.